The van der Waals surface area contributed by atoms with Crippen molar-refractivity contribution in [3.8, 4) is 11.8 Å². The Kier molecular flexibility index (Phi) is 4.66. The molecule has 0 bridgehead atoms. The van der Waals surface area contributed by atoms with Gasteiger partial charge in [-0.25, -0.2) is 0 Å². The lowest BCUT2D eigenvalue weighted by molar-refractivity contribution is 0.294. The lowest BCUT2D eigenvalue weighted by Gasteiger charge is -2.04. The normalized spacial score (nSPS) is 9.86. The minimum atomic E-state index is 0.301. The summed E-state index contributed by atoms with van der Waals surface area (Å²) in [4.78, 5) is 7.83. The first kappa shape index (κ1) is 10.7. The van der Waals surface area contributed by atoms with Crippen molar-refractivity contribution in [2.75, 3.05) is 26.3 Å². The van der Waals surface area contributed by atoms with E-state index in [0.29, 0.717) is 38.1 Å². The molecule has 1 heterocycles. The Morgan fingerprint density at radius 1 is 1.00 bits per heavy atom. The SMILES string of the molecule is NCCOc1cnc(OCCN)nc1. The summed E-state index contributed by atoms with van der Waals surface area (Å²) in [6.07, 6.45) is 3.07. The molecule has 0 radical (unpaired) electrons. The smallest absolute Gasteiger partial charge is 0.316 e. The molecule has 0 aliphatic heterocycles. The van der Waals surface area contributed by atoms with Crippen LogP contribution in [0.2, 0.25) is 0 Å². The molecule has 0 aromatic carbocycles. The molecule has 1 rings (SSSR count). The van der Waals surface area contributed by atoms with E-state index in [1.807, 2.05) is 0 Å². The van der Waals surface area contributed by atoms with E-state index in [2.05, 4.69) is 9.97 Å². The van der Waals surface area contributed by atoms with Crippen molar-refractivity contribution in [1.82, 2.24) is 9.97 Å². The molecule has 1 aromatic heterocycles. The fourth-order valence-electron chi connectivity index (χ4n) is 0.780. The van der Waals surface area contributed by atoms with Gasteiger partial charge >= 0.3 is 6.01 Å². The molecule has 4 N–H and O–H groups in total. The van der Waals surface area contributed by atoms with Crippen molar-refractivity contribution in [3.63, 3.8) is 0 Å². The maximum Gasteiger partial charge on any atom is 0.316 e. The summed E-state index contributed by atoms with van der Waals surface area (Å²) >= 11 is 0. The molecule has 14 heavy (non-hydrogen) atoms. The van der Waals surface area contributed by atoms with E-state index in [9.17, 15) is 0 Å². The molecule has 0 spiro atoms. The van der Waals surface area contributed by atoms with E-state index in [4.69, 9.17) is 20.9 Å². The number of ether oxygens (including phenoxy) is 2. The number of nitrogens with two attached hydrogens (primary N) is 2. The summed E-state index contributed by atoms with van der Waals surface area (Å²) in [5, 5.41) is 0. The van der Waals surface area contributed by atoms with Crippen LogP contribution in [-0.2, 0) is 0 Å². The standard InChI is InChI=1S/C8H14N4O2/c9-1-3-13-7-5-11-8(12-6-7)14-4-2-10/h5-6H,1-4,9-10H2. The van der Waals surface area contributed by atoms with Crippen LogP contribution in [0.5, 0.6) is 11.8 Å². The summed E-state index contributed by atoms with van der Waals surface area (Å²) in [5.41, 5.74) is 10.5. The van der Waals surface area contributed by atoms with E-state index in [1.54, 1.807) is 0 Å². The summed E-state index contributed by atoms with van der Waals surface area (Å²) in [7, 11) is 0. The average molecular weight is 198 g/mol. The third-order valence-corrected chi connectivity index (χ3v) is 1.34. The third-order valence-electron chi connectivity index (χ3n) is 1.34. The minimum Gasteiger partial charge on any atom is -0.489 e. The van der Waals surface area contributed by atoms with Crippen molar-refractivity contribution in [2.24, 2.45) is 11.5 Å². The molecule has 0 unspecified atom stereocenters. The summed E-state index contributed by atoms with van der Waals surface area (Å²) in [6, 6.07) is 0.301. The highest BCUT2D eigenvalue weighted by atomic mass is 16.5. The molecule has 78 valence electrons. The Morgan fingerprint density at radius 2 is 1.57 bits per heavy atom. The van der Waals surface area contributed by atoms with Crippen LogP contribution in [-0.4, -0.2) is 36.3 Å². The van der Waals surface area contributed by atoms with Gasteiger partial charge in [-0.3, -0.25) is 0 Å². The quantitative estimate of drug-likeness (QED) is 0.618. The predicted octanol–water partition coefficient (Wildman–Crippen LogP) is -0.848. The first-order chi connectivity index (χ1) is 6.86. The molecule has 6 nitrogen and oxygen atoms in total. The number of rotatable bonds is 6. The summed E-state index contributed by atoms with van der Waals surface area (Å²) in [5.74, 6) is 0.579. The number of hydrogen-bond donors (Lipinski definition) is 2. The van der Waals surface area contributed by atoms with E-state index in [-0.39, 0.29) is 0 Å². The number of hydrogen-bond acceptors (Lipinski definition) is 6. The second kappa shape index (κ2) is 6.11. The lowest BCUT2D eigenvalue weighted by Crippen LogP contribution is -2.13. The number of aromatic nitrogens is 2. The van der Waals surface area contributed by atoms with E-state index >= 15 is 0 Å². The van der Waals surface area contributed by atoms with E-state index < -0.39 is 0 Å². The fourth-order valence-corrected chi connectivity index (χ4v) is 0.780. The second-order valence-electron chi connectivity index (χ2n) is 2.48. The van der Waals surface area contributed by atoms with Gasteiger partial charge < -0.3 is 20.9 Å². The molecule has 0 atom stereocenters. The highest BCUT2D eigenvalue weighted by molar-refractivity contribution is 5.13. The molecular weight excluding hydrogens is 184 g/mol. The van der Waals surface area contributed by atoms with Gasteiger partial charge in [-0.1, -0.05) is 0 Å². The first-order valence-corrected chi connectivity index (χ1v) is 4.34. The monoisotopic (exact) mass is 198 g/mol. The van der Waals surface area contributed by atoms with Gasteiger partial charge in [0.1, 0.15) is 13.2 Å². The molecule has 0 fully saturated rings. The second-order valence-corrected chi connectivity index (χ2v) is 2.48. The van der Waals surface area contributed by atoms with Gasteiger partial charge in [0.15, 0.2) is 5.75 Å². The van der Waals surface area contributed by atoms with Crippen LogP contribution in [0, 0.1) is 0 Å². The molecule has 0 aliphatic rings. The van der Waals surface area contributed by atoms with Crippen molar-refractivity contribution < 1.29 is 9.47 Å². The van der Waals surface area contributed by atoms with Crippen LogP contribution >= 0.6 is 0 Å². The minimum absolute atomic E-state index is 0.301. The average Bonchev–Trinajstić information content (AvgIpc) is 2.25. The zero-order valence-corrected chi connectivity index (χ0v) is 7.85. The van der Waals surface area contributed by atoms with Gasteiger partial charge in [-0.15, -0.1) is 0 Å². The van der Waals surface area contributed by atoms with Crippen molar-refractivity contribution in [2.45, 2.75) is 0 Å². The Balaban J connectivity index is 2.42. The van der Waals surface area contributed by atoms with Gasteiger partial charge in [-0.05, 0) is 0 Å². The Bertz CT molecular complexity index is 225. The fraction of sp³-hybridized carbons (Fsp3) is 0.500. The maximum atomic E-state index is 5.27. The van der Waals surface area contributed by atoms with Crippen LogP contribution in [0.4, 0.5) is 0 Å². The molecule has 0 saturated heterocycles. The van der Waals surface area contributed by atoms with E-state index in [0.717, 1.165) is 0 Å². The topological polar surface area (TPSA) is 96.3 Å². The van der Waals surface area contributed by atoms with E-state index in [1.165, 1.54) is 12.4 Å². The van der Waals surface area contributed by atoms with Gasteiger partial charge in [0.25, 0.3) is 0 Å². The maximum absolute atomic E-state index is 5.27. The van der Waals surface area contributed by atoms with Gasteiger partial charge in [-0.2, -0.15) is 9.97 Å². The molecule has 0 amide bonds. The van der Waals surface area contributed by atoms with Gasteiger partial charge in [0.2, 0.25) is 0 Å². The zero-order valence-electron chi connectivity index (χ0n) is 7.85. The van der Waals surface area contributed by atoms with Crippen LogP contribution < -0.4 is 20.9 Å². The number of nitrogens with zero attached hydrogens (tertiary/aromatic N) is 2. The third kappa shape index (κ3) is 3.55. The van der Waals surface area contributed by atoms with Crippen LogP contribution in [0.1, 0.15) is 0 Å². The molecule has 0 saturated carbocycles. The van der Waals surface area contributed by atoms with Crippen molar-refractivity contribution in [1.29, 1.82) is 0 Å². The van der Waals surface area contributed by atoms with Gasteiger partial charge in [0.05, 0.1) is 12.4 Å². The van der Waals surface area contributed by atoms with Crippen LogP contribution in [0.3, 0.4) is 0 Å². The predicted molar refractivity (Wildman–Crippen MR) is 51.1 cm³/mol. The molecule has 0 aliphatic carbocycles. The molecule has 6 heteroatoms. The Morgan fingerprint density at radius 3 is 2.14 bits per heavy atom. The van der Waals surface area contributed by atoms with Crippen LogP contribution in [0.25, 0.3) is 0 Å². The summed E-state index contributed by atoms with van der Waals surface area (Å²) in [6.45, 7) is 1.76. The highest BCUT2D eigenvalue weighted by Crippen LogP contribution is 2.09. The van der Waals surface area contributed by atoms with Gasteiger partial charge in [0, 0.05) is 13.1 Å². The Labute approximate surface area is 82.2 Å². The molecule has 1 aromatic rings. The van der Waals surface area contributed by atoms with Crippen LogP contribution in [0.15, 0.2) is 12.4 Å². The van der Waals surface area contributed by atoms with Crippen molar-refractivity contribution in [3.05, 3.63) is 12.4 Å². The Hall–Kier alpha value is -1.40. The lowest BCUT2D eigenvalue weighted by atomic mass is 10.6. The van der Waals surface area contributed by atoms with Crippen molar-refractivity contribution >= 4 is 0 Å². The largest absolute Gasteiger partial charge is 0.489 e. The highest BCUT2D eigenvalue weighted by Gasteiger charge is 1.97. The summed E-state index contributed by atoms with van der Waals surface area (Å²) < 4.78 is 10.3. The molecular formula is C8H14N4O2. The first-order valence-electron chi connectivity index (χ1n) is 4.34. The zero-order chi connectivity index (χ0) is 10.2.